The lowest BCUT2D eigenvalue weighted by atomic mass is 10.0. The van der Waals surface area contributed by atoms with Gasteiger partial charge in [-0.1, -0.05) is 12.1 Å². The Kier molecular flexibility index (Phi) is 4.76. The van der Waals surface area contributed by atoms with Crippen molar-refractivity contribution >= 4 is 22.6 Å². The maximum absolute atomic E-state index is 11.7. The molecule has 1 fully saturated rings. The van der Waals surface area contributed by atoms with Gasteiger partial charge in [-0.15, -0.1) is 0 Å². The molecule has 1 aliphatic rings. The van der Waals surface area contributed by atoms with Crippen molar-refractivity contribution in [1.82, 2.24) is 5.32 Å². The molecule has 7 heteroatoms. The number of ether oxygens (including phenoxy) is 3. The topological polar surface area (TPSA) is 99.9 Å². The van der Waals surface area contributed by atoms with E-state index in [9.17, 15) is 9.59 Å². The molecule has 2 atom stereocenters. The van der Waals surface area contributed by atoms with Crippen molar-refractivity contribution in [2.75, 3.05) is 20.8 Å². The minimum Gasteiger partial charge on any atom is -0.496 e. The maximum Gasteiger partial charge on any atom is 0.252 e. The third-order valence-electron chi connectivity index (χ3n) is 4.29. The Hall–Kier alpha value is -2.80. The van der Waals surface area contributed by atoms with Crippen LogP contribution >= 0.6 is 0 Å². The second-order valence-electron chi connectivity index (χ2n) is 5.87. The van der Waals surface area contributed by atoms with Gasteiger partial charge in [0.1, 0.15) is 24.2 Å². The number of amides is 2. The lowest BCUT2D eigenvalue weighted by Crippen LogP contribution is -2.31. The summed E-state index contributed by atoms with van der Waals surface area (Å²) in [6, 6.07) is 8.83. The van der Waals surface area contributed by atoms with Gasteiger partial charge in [-0.3, -0.25) is 9.59 Å². The van der Waals surface area contributed by atoms with Gasteiger partial charge >= 0.3 is 0 Å². The molecule has 0 aromatic heterocycles. The Balaban J connectivity index is 1.84. The van der Waals surface area contributed by atoms with Crippen LogP contribution < -0.4 is 20.5 Å². The van der Waals surface area contributed by atoms with E-state index in [0.29, 0.717) is 30.1 Å². The van der Waals surface area contributed by atoms with E-state index in [1.54, 1.807) is 12.1 Å². The van der Waals surface area contributed by atoms with Crippen LogP contribution in [0.5, 0.6) is 11.5 Å². The van der Waals surface area contributed by atoms with Gasteiger partial charge in [-0.2, -0.15) is 0 Å². The average molecular weight is 344 g/mol. The Morgan fingerprint density at radius 3 is 2.72 bits per heavy atom. The first-order valence-electron chi connectivity index (χ1n) is 7.90. The first kappa shape index (κ1) is 17.0. The maximum atomic E-state index is 11.7. The number of methoxy groups -OCH3 is 2. The molecule has 2 aromatic carbocycles. The monoisotopic (exact) mass is 344 g/mol. The highest BCUT2D eigenvalue weighted by Crippen LogP contribution is 2.32. The van der Waals surface area contributed by atoms with Crippen LogP contribution in [0.25, 0.3) is 10.8 Å². The Labute approximate surface area is 145 Å². The van der Waals surface area contributed by atoms with Crippen LogP contribution in [0.2, 0.25) is 0 Å². The van der Waals surface area contributed by atoms with E-state index in [-0.39, 0.29) is 11.9 Å². The molecule has 1 heterocycles. The van der Waals surface area contributed by atoms with Gasteiger partial charge in [0.15, 0.2) is 0 Å². The van der Waals surface area contributed by atoms with E-state index < -0.39 is 12.0 Å². The number of hydrogen-bond acceptors (Lipinski definition) is 5. The molecule has 0 radical (unpaired) electrons. The van der Waals surface area contributed by atoms with Crippen LogP contribution in [-0.2, 0) is 9.53 Å². The number of carbonyl (C=O) groups is 2. The number of rotatable bonds is 6. The van der Waals surface area contributed by atoms with E-state index in [1.807, 2.05) is 18.2 Å². The number of hydrogen-bond donors (Lipinski definition) is 2. The lowest BCUT2D eigenvalue weighted by Gasteiger charge is -2.15. The highest BCUT2D eigenvalue weighted by molar-refractivity contribution is 6.02. The summed E-state index contributed by atoms with van der Waals surface area (Å²) in [7, 11) is 3.00. The first-order valence-corrected chi connectivity index (χ1v) is 7.90. The first-order chi connectivity index (χ1) is 12.0. The van der Waals surface area contributed by atoms with Crippen LogP contribution in [0, 0.1) is 0 Å². The molecule has 1 saturated heterocycles. The number of nitrogens with two attached hydrogens (primary N) is 1. The smallest absolute Gasteiger partial charge is 0.252 e. The molecule has 0 spiro atoms. The van der Waals surface area contributed by atoms with Crippen LogP contribution in [-0.4, -0.2) is 44.8 Å². The van der Waals surface area contributed by atoms with E-state index in [0.717, 1.165) is 10.8 Å². The normalized spacial score (nSPS) is 19.7. The molecule has 25 heavy (non-hydrogen) atoms. The van der Waals surface area contributed by atoms with E-state index >= 15 is 0 Å². The number of primary amides is 1. The summed E-state index contributed by atoms with van der Waals surface area (Å²) in [5, 5.41) is 4.46. The van der Waals surface area contributed by atoms with Gasteiger partial charge in [-0.05, 0) is 23.6 Å². The molecule has 3 rings (SSSR count). The fourth-order valence-electron chi connectivity index (χ4n) is 2.99. The van der Waals surface area contributed by atoms with Crippen molar-refractivity contribution < 1.29 is 23.8 Å². The summed E-state index contributed by atoms with van der Waals surface area (Å²) >= 11 is 0. The molecule has 2 aromatic rings. The fraction of sp³-hybridized carbons (Fsp3) is 0.333. The van der Waals surface area contributed by atoms with Crippen molar-refractivity contribution in [3.8, 4) is 11.5 Å². The summed E-state index contributed by atoms with van der Waals surface area (Å²) < 4.78 is 16.3. The van der Waals surface area contributed by atoms with Gasteiger partial charge in [0.25, 0.3) is 5.91 Å². The standard InChI is InChI=1S/C18H20N2O5/c1-23-15-8-12-10(6-13(15)17(19)21)4-3-5-14(12)25-9-11-7-16(24-2)18(22)20-11/h3-6,8,11,16H,7,9H2,1-2H3,(H2,19,21)(H,20,22). The number of benzene rings is 2. The molecule has 0 bridgehead atoms. The molecule has 132 valence electrons. The predicted molar refractivity (Wildman–Crippen MR) is 91.9 cm³/mol. The molecular formula is C18H20N2O5. The van der Waals surface area contributed by atoms with Gasteiger partial charge in [-0.25, -0.2) is 0 Å². The van der Waals surface area contributed by atoms with Gasteiger partial charge in [0.05, 0.1) is 18.7 Å². The van der Waals surface area contributed by atoms with Crippen molar-refractivity contribution in [3.05, 3.63) is 35.9 Å². The Morgan fingerprint density at radius 1 is 1.28 bits per heavy atom. The molecule has 1 aliphatic heterocycles. The second-order valence-corrected chi connectivity index (χ2v) is 5.87. The van der Waals surface area contributed by atoms with E-state index in [1.165, 1.54) is 14.2 Å². The molecule has 3 N–H and O–H groups in total. The Morgan fingerprint density at radius 2 is 2.08 bits per heavy atom. The number of carbonyl (C=O) groups excluding carboxylic acids is 2. The number of nitrogens with one attached hydrogen (secondary N) is 1. The number of fused-ring (bicyclic) bond motifs is 1. The molecule has 7 nitrogen and oxygen atoms in total. The minimum atomic E-state index is -0.552. The second kappa shape index (κ2) is 6.98. The van der Waals surface area contributed by atoms with Gasteiger partial charge in [0, 0.05) is 18.9 Å². The third-order valence-corrected chi connectivity index (χ3v) is 4.29. The van der Waals surface area contributed by atoms with Crippen LogP contribution in [0.4, 0.5) is 0 Å². The summed E-state index contributed by atoms with van der Waals surface area (Å²) in [4.78, 5) is 23.2. The SMILES string of the molecule is COc1cc2c(OCC3CC(OC)C(=O)N3)cccc2cc1C(N)=O. The largest absolute Gasteiger partial charge is 0.496 e. The predicted octanol–water partition coefficient (Wildman–Crippen LogP) is 1.23. The molecule has 2 unspecified atom stereocenters. The van der Waals surface area contributed by atoms with Crippen molar-refractivity contribution in [1.29, 1.82) is 0 Å². The molecule has 0 saturated carbocycles. The third kappa shape index (κ3) is 3.36. The van der Waals surface area contributed by atoms with Crippen LogP contribution in [0.3, 0.4) is 0 Å². The molecule has 0 aliphatic carbocycles. The zero-order valence-electron chi connectivity index (χ0n) is 14.1. The van der Waals surface area contributed by atoms with Gasteiger partial charge < -0.3 is 25.3 Å². The van der Waals surface area contributed by atoms with E-state index in [4.69, 9.17) is 19.9 Å². The highest BCUT2D eigenvalue weighted by Gasteiger charge is 2.32. The highest BCUT2D eigenvalue weighted by atomic mass is 16.5. The van der Waals surface area contributed by atoms with E-state index in [2.05, 4.69) is 5.32 Å². The molecular weight excluding hydrogens is 324 g/mol. The zero-order chi connectivity index (χ0) is 18.0. The van der Waals surface area contributed by atoms with Gasteiger partial charge in [0.2, 0.25) is 5.91 Å². The van der Waals surface area contributed by atoms with Crippen molar-refractivity contribution in [2.24, 2.45) is 5.73 Å². The average Bonchev–Trinajstić information content (AvgIpc) is 2.98. The zero-order valence-corrected chi connectivity index (χ0v) is 14.1. The van der Waals surface area contributed by atoms with Crippen molar-refractivity contribution in [3.63, 3.8) is 0 Å². The summed E-state index contributed by atoms with van der Waals surface area (Å²) in [5.41, 5.74) is 5.72. The fourth-order valence-corrected chi connectivity index (χ4v) is 2.99. The lowest BCUT2D eigenvalue weighted by molar-refractivity contribution is -0.127. The summed E-state index contributed by atoms with van der Waals surface area (Å²) in [6.45, 7) is 0.324. The van der Waals surface area contributed by atoms with Crippen LogP contribution in [0.15, 0.2) is 30.3 Å². The van der Waals surface area contributed by atoms with Crippen molar-refractivity contribution in [2.45, 2.75) is 18.6 Å². The summed E-state index contributed by atoms with van der Waals surface area (Å²) in [5.74, 6) is 0.359. The molecule has 2 amide bonds. The van der Waals surface area contributed by atoms with Crippen LogP contribution in [0.1, 0.15) is 16.8 Å². The minimum absolute atomic E-state index is 0.112. The summed E-state index contributed by atoms with van der Waals surface area (Å²) in [6.07, 6.45) is 0.134. The Bertz CT molecular complexity index is 820. The quantitative estimate of drug-likeness (QED) is 0.821.